The predicted molar refractivity (Wildman–Crippen MR) is 136 cm³/mol. The second-order valence-corrected chi connectivity index (χ2v) is 13.8. The van der Waals surface area contributed by atoms with E-state index in [0.29, 0.717) is 0 Å². The number of rotatable bonds is 5. The maximum atomic E-state index is 4.89. The van der Waals surface area contributed by atoms with Gasteiger partial charge in [0.25, 0.3) is 0 Å². The summed E-state index contributed by atoms with van der Waals surface area (Å²) in [6.45, 7) is 9.50. The minimum absolute atomic E-state index is 0.0252. The minimum atomic E-state index is -0.556. The van der Waals surface area contributed by atoms with Crippen molar-refractivity contribution in [1.29, 1.82) is 0 Å². The molecule has 2 aliphatic carbocycles. The van der Waals surface area contributed by atoms with E-state index in [1.54, 1.807) is 10.9 Å². The fourth-order valence-corrected chi connectivity index (χ4v) is 7.53. The van der Waals surface area contributed by atoms with Gasteiger partial charge in [-0.15, -0.1) is 58.9 Å². The molecule has 4 heteroatoms. The first kappa shape index (κ1) is 26.2. The Hall–Kier alpha value is -0.0957. The van der Waals surface area contributed by atoms with Crippen molar-refractivity contribution in [2.24, 2.45) is 5.92 Å². The van der Waals surface area contributed by atoms with Crippen LogP contribution >= 0.6 is 26.5 Å². The van der Waals surface area contributed by atoms with Crippen LogP contribution in [-0.2, 0) is 17.0 Å². The Balaban J connectivity index is 0.000000220. The van der Waals surface area contributed by atoms with Crippen molar-refractivity contribution >= 4 is 42.6 Å². The summed E-state index contributed by atoms with van der Waals surface area (Å²) in [7, 11) is 9.75. The van der Waals surface area contributed by atoms with Gasteiger partial charge in [0.2, 0.25) is 0 Å². The van der Waals surface area contributed by atoms with Gasteiger partial charge in [-0.25, -0.2) is 18.1 Å². The molecule has 1 saturated carbocycles. The molecule has 2 aromatic carbocycles. The van der Waals surface area contributed by atoms with Crippen LogP contribution in [0.3, 0.4) is 0 Å². The molecule has 1 fully saturated rings. The van der Waals surface area contributed by atoms with E-state index < -0.39 is 17.0 Å². The van der Waals surface area contributed by atoms with Crippen LogP contribution in [0.15, 0.2) is 60.2 Å². The number of halogens is 2. The molecule has 0 N–H and O–H groups in total. The van der Waals surface area contributed by atoms with Gasteiger partial charge in [0.15, 0.2) is 0 Å². The van der Waals surface area contributed by atoms with Crippen LogP contribution in [0.5, 0.6) is 0 Å². The summed E-state index contributed by atoms with van der Waals surface area (Å²) in [6, 6.07) is 13.6. The second kappa shape index (κ2) is 14.1. The summed E-state index contributed by atoms with van der Waals surface area (Å²) < 4.78 is 0. The summed E-state index contributed by atoms with van der Waals surface area (Å²) in [5.74, 6) is 0.884. The van der Waals surface area contributed by atoms with Crippen LogP contribution in [0.2, 0.25) is 0 Å². The van der Waals surface area contributed by atoms with E-state index in [2.05, 4.69) is 88.7 Å². The molecule has 30 heavy (non-hydrogen) atoms. The van der Waals surface area contributed by atoms with Gasteiger partial charge in [0.05, 0.1) is 0 Å². The Morgan fingerprint density at radius 3 is 2.40 bits per heavy atom. The first-order valence-electron chi connectivity index (χ1n) is 11.2. The SMILES string of the molecule is C1=CCC2CC[CH-]C2=C1.CCC(C)P(c1cc2ccccc2[cH-]1)C(C)CC.[Cl][Ti][Cl]. The number of allylic oxidation sites excluding steroid dienone is 4. The van der Waals surface area contributed by atoms with Gasteiger partial charge in [0.1, 0.15) is 0 Å². The molecule has 0 spiro atoms. The van der Waals surface area contributed by atoms with Gasteiger partial charge in [-0.1, -0.05) is 48.1 Å². The zero-order valence-corrected chi connectivity index (χ0v) is 22.7. The molecule has 0 bridgehead atoms. The molecule has 0 nitrogen and oxygen atoms in total. The van der Waals surface area contributed by atoms with Gasteiger partial charge >= 0.3 is 35.6 Å². The van der Waals surface area contributed by atoms with Crippen LogP contribution in [-0.4, -0.2) is 11.3 Å². The van der Waals surface area contributed by atoms with Crippen LogP contribution in [0, 0.1) is 12.3 Å². The molecule has 0 heterocycles. The van der Waals surface area contributed by atoms with Crippen molar-refractivity contribution in [1.82, 2.24) is 0 Å². The van der Waals surface area contributed by atoms with Crippen LogP contribution < -0.4 is 5.30 Å². The zero-order valence-electron chi connectivity index (χ0n) is 18.7. The molecular weight excluding hydrogens is 462 g/mol. The van der Waals surface area contributed by atoms with Crippen molar-refractivity contribution in [3.8, 4) is 0 Å². The number of hydrogen-bond donors (Lipinski definition) is 0. The van der Waals surface area contributed by atoms with E-state index in [1.807, 2.05) is 0 Å². The molecule has 0 aliphatic heterocycles. The average Bonchev–Trinajstić information content (AvgIpc) is 3.41. The summed E-state index contributed by atoms with van der Waals surface area (Å²) in [5, 5.41) is 4.42. The third-order valence-corrected chi connectivity index (χ3v) is 9.73. The third kappa shape index (κ3) is 7.50. The van der Waals surface area contributed by atoms with E-state index >= 15 is 0 Å². The van der Waals surface area contributed by atoms with E-state index in [0.717, 1.165) is 17.2 Å². The zero-order chi connectivity index (χ0) is 21.9. The number of benzene rings is 1. The van der Waals surface area contributed by atoms with Gasteiger partial charge in [0, 0.05) is 0 Å². The first-order valence-corrected chi connectivity index (χ1v) is 16.9. The molecular formula is C26H35Cl2PTi-2. The third-order valence-electron chi connectivity index (χ3n) is 6.24. The molecule has 0 aromatic heterocycles. The monoisotopic (exact) mass is 496 g/mol. The van der Waals surface area contributed by atoms with E-state index in [9.17, 15) is 0 Å². The van der Waals surface area contributed by atoms with Gasteiger partial charge in [-0.2, -0.15) is 6.07 Å². The van der Waals surface area contributed by atoms with Crippen molar-refractivity contribution in [3.05, 3.63) is 66.6 Å². The van der Waals surface area contributed by atoms with Crippen molar-refractivity contribution in [2.45, 2.75) is 71.1 Å². The first-order chi connectivity index (χ1) is 14.5. The topological polar surface area (TPSA) is 0 Å². The molecule has 0 radical (unpaired) electrons. The Bertz CT molecular complexity index is 767. The predicted octanol–water partition coefficient (Wildman–Crippen LogP) is 9.13. The molecule has 0 amide bonds. The normalized spacial score (nSPS) is 19.8. The number of fused-ring (bicyclic) bond motifs is 2. The fourth-order valence-electron chi connectivity index (χ4n) is 4.28. The molecule has 164 valence electrons. The van der Waals surface area contributed by atoms with Crippen LogP contribution in [0.1, 0.15) is 59.8 Å². The van der Waals surface area contributed by atoms with E-state index in [1.165, 1.54) is 42.9 Å². The van der Waals surface area contributed by atoms with E-state index in [4.69, 9.17) is 18.6 Å². The van der Waals surface area contributed by atoms with Crippen molar-refractivity contribution < 1.29 is 17.0 Å². The van der Waals surface area contributed by atoms with Crippen molar-refractivity contribution in [2.75, 3.05) is 0 Å². The van der Waals surface area contributed by atoms with Crippen LogP contribution in [0.4, 0.5) is 0 Å². The molecule has 3 unspecified atom stereocenters. The standard InChI is InChI=1S/C17H24P.C9H11.2ClH.Ti/c1-5-13(3)18(14(4)6-2)17-11-15-9-7-8-10-16(15)12-17;1-2-5-9-7-3-6-8(9)4-1;;;/h7-14H,5-6H2,1-4H3;1-2,4,6,9H,3,5,7H2;2*1H;/q2*-1;;;+2/p-2. The van der Waals surface area contributed by atoms with E-state index in [-0.39, 0.29) is 7.92 Å². The molecule has 2 aliphatic rings. The van der Waals surface area contributed by atoms with Crippen molar-refractivity contribution in [3.63, 3.8) is 0 Å². The van der Waals surface area contributed by atoms with Gasteiger partial charge in [-0.05, 0) is 36.5 Å². The van der Waals surface area contributed by atoms with Crippen LogP contribution in [0.25, 0.3) is 10.8 Å². The number of hydrogen-bond acceptors (Lipinski definition) is 0. The van der Waals surface area contributed by atoms with Gasteiger partial charge in [-0.3, -0.25) is 0 Å². The maximum absolute atomic E-state index is 4.89. The Morgan fingerprint density at radius 1 is 1.13 bits per heavy atom. The molecule has 3 atom stereocenters. The molecule has 0 saturated heterocycles. The summed E-state index contributed by atoms with van der Waals surface area (Å²) >= 11 is -0.556. The molecule has 2 aromatic rings. The summed E-state index contributed by atoms with van der Waals surface area (Å²) in [4.78, 5) is 0. The average molecular weight is 497 g/mol. The quantitative estimate of drug-likeness (QED) is 0.220. The Kier molecular flexibility index (Phi) is 12.3. The van der Waals surface area contributed by atoms with Gasteiger partial charge < -0.3 is 0 Å². The summed E-state index contributed by atoms with van der Waals surface area (Å²) in [6.07, 6.45) is 15.6. The second-order valence-electron chi connectivity index (χ2n) is 8.14. The summed E-state index contributed by atoms with van der Waals surface area (Å²) in [5.41, 5.74) is 3.23. The fraction of sp³-hybridized carbons (Fsp3) is 0.462. The Labute approximate surface area is 202 Å². The molecule has 4 rings (SSSR count). The Morgan fingerprint density at radius 2 is 1.80 bits per heavy atom.